The lowest BCUT2D eigenvalue weighted by Gasteiger charge is -2.24. The van der Waals surface area contributed by atoms with Gasteiger partial charge in [0, 0.05) is 33.0 Å². The van der Waals surface area contributed by atoms with Crippen molar-refractivity contribution in [2.24, 2.45) is 0 Å². The van der Waals surface area contributed by atoms with Gasteiger partial charge >= 0.3 is 17.9 Å². The number of carbonyl (C=O) groups excluding carboxylic acids is 3. The average Bonchev–Trinajstić information content (AvgIpc) is 2.82. The molecule has 1 saturated heterocycles. The second-order valence-corrected chi connectivity index (χ2v) is 5.65. The Morgan fingerprint density at radius 3 is 2.27 bits per heavy atom. The maximum atomic E-state index is 12.1. The fraction of sp³-hybridized carbons (Fsp3) is 0.500. The van der Waals surface area contributed by atoms with Crippen LogP contribution in [0, 0.1) is 0 Å². The molecule has 0 amide bonds. The SMILES string of the molecule is CC(=O)OC[C@H]1O[C@@H](n2ccc(O)cc2=O)[C@@H](OC(C)=O)[C@@H]1OC(C)=O. The Kier molecular flexibility index (Phi) is 5.98. The highest BCUT2D eigenvalue weighted by Gasteiger charge is 2.50. The first-order valence-corrected chi connectivity index (χ1v) is 7.73. The van der Waals surface area contributed by atoms with Gasteiger partial charge in [0.2, 0.25) is 0 Å². The van der Waals surface area contributed by atoms with E-state index < -0.39 is 48.0 Å². The molecule has 10 nitrogen and oxygen atoms in total. The van der Waals surface area contributed by atoms with Crippen LogP contribution in [0.25, 0.3) is 0 Å². The second-order valence-electron chi connectivity index (χ2n) is 5.65. The third kappa shape index (κ3) is 4.60. The number of hydrogen-bond acceptors (Lipinski definition) is 9. The average molecular weight is 369 g/mol. The van der Waals surface area contributed by atoms with Gasteiger partial charge in [-0.3, -0.25) is 23.7 Å². The highest BCUT2D eigenvalue weighted by molar-refractivity contribution is 5.68. The van der Waals surface area contributed by atoms with Crippen LogP contribution in [0.5, 0.6) is 5.75 Å². The van der Waals surface area contributed by atoms with Gasteiger partial charge in [0.1, 0.15) is 18.5 Å². The van der Waals surface area contributed by atoms with Gasteiger partial charge in [-0.2, -0.15) is 0 Å². The molecule has 0 aromatic carbocycles. The summed E-state index contributed by atoms with van der Waals surface area (Å²) in [5, 5.41) is 9.39. The Labute approximate surface area is 148 Å². The van der Waals surface area contributed by atoms with Gasteiger partial charge in [-0.25, -0.2) is 0 Å². The zero-order valence-corrected chi connectivity index (χ0v) is 14.4. The molecule has 0 saturated carbocycles. The summed E-state index contributed by atoms with van der Waals surface area (Å²) in [7, 11) is 0. The van der Waals surface area contributed by atoms with E-state index in [-0.39, 0.29) is 12.4 Å². The Morgan fingerprint density at radius 1 is 1.12 bits per heavy atom. The third-order valence-corrected chi connectivity index (χ3v) is 3.55. The summed E-state index contributed by atoms with van der Waals surface area (Å²) < 4.78 is 22.1. The van der Waals surface area contributed by atoms with Crippen LogP contribution < -0.4 is 5.56 Å². The molecule has 1 fully saturated rings. The lowest BCUT2D eigenvalue weighted by atomic mass is 10.1. The van der Waals surface area contributed by atoms with E-state index in [4.69, 9.17) is 18.9 Å². The number of ether oxygens (including phenoxy) is 4. The molecular formula is C16H19NO9. The molecule has 142 valence electrons. The van der Waals surface area contributed by atoms with E-state index >= 15 is 0 Å². The summed E-state index contributed by atoms with van der Waals surface area (Å²) >= 11 is 0. The number of pyridine rings is 1. The molecule has 0 unspecified atom stereocenters. The first kappa shape index (κ1) is 19.4. The molecule has 2 rings (SSSR count). The topological polar surface area (TPSA) is 130 Å². The summed E-state index contributed by atoms with van der Waals surface area (Å²) in [6.45, 7) is 3.24. The van der Waals surface area contributed by atoms with E-state index in [1.54, 1.807) is 0 Å². The Morgan fingerprint density at radius 2 is 1.73 bits per heavy atom. The summed E-state index contributed by atoms with van der Waals surface area (Å²) in [4.78, 5) is 46.2. The van der Waals surface area contributed by atoms with Crippen molar-refractivity contribution < 1.29 is 38.4 Å². The lowest BCUT2D eigenvalue weighted by Crippen LogP contribution is -2.41. The number of hydrogen-bond donors (Lipinski definition) is 1. The van der Waals surface area contributed by atoms with Gasteiger partial charge < -0.3 is 24.1 Å². The van der Waals surface area contributed by atoms with Gasteiger partial charge in [0.05, 0.1) is 0 Å². The van der Waals surface area contributed by atoms with Crippen molar-refractivity contribution in [3.8, 4) is 5.75 Å². The second kappa shape index (κ2) is 8.00. The number of rotatable bonds is 5. The molecule has 0 spiro atoms. The Balaban J connectivity index is 2.40. The highest BCUT2D eigenvalue weighted by Crippen LogP contribution is 2.33. The third-order valence-electron chi connectivity index (χ3n) is 3.55. The van der Waals surface area contributed by atoms with E-state index in [0.29, 0.717) is 0 Å². The quantitative estimate of drug-likeness (QED) is 0.557. The van der Waals surface area contributed by atoms with Crippen LogP contribution >= 0.6 is 0 Å². The number of nitrogens with zero attached hydrogens (tertiary/aromatic N) is 1. The Bertz CT molecular complexity index is 756. The van der Waals surface area contributed by atoms with Crippen molar-refractivity contribution in [1.29, 1.82) is 0 Å². The van der Waals surface area contributed by atoms with Crippen molar-refractivity contribution in [2.45, 2.75) is 45.3 Å². The summed E-state index contributed by atoms with van der Waals surface area (Å²) in [6.07, 6.45) is -3.10. The fourth-order valence-corrected chi connectivity index (χ4v) is 2.61. The standard InChI is InChI=1S/C16H19NO9/c1-8(18)23-7-12-14(24-9(2)19)15(25-10(3)20)16(26-12)17-5-4-11(21)6-13(17)22/h4-6,12,14-16,21H,7H2,1-3H3/t12-,14-,15+,16-/m1/s1. The van der Waals surface area contributed by atoms with Gasteiger partial charge in [-0.1, -0.05) is 0 Å². The molecule has 1 aliphatic rings. The maximum absolute atomic E-state index is 12.1. The van der Waals surface area contributed by atoms with E-state index in [1.165, 1.54) is 19.2 Å². The predicted molar refractivity (Wildman–Crippen MR) is 84.0 cm³/mol. The largest absolute Gasteiger partial charge is 0.508 e. The van der Waals surface area contributed by atoms with Crippen LogP contribution in [0.4, 0.5) is 0 Å². The monoisotopic (exact) mass is 369 g/mol. The van der Waals surface area contributed by atoms with Gasteiger partial charge in [0.15, 0.2) is 18.4 Å². The minimum atomic E-state index is -1.15. The van der Waals surface area contributed by atoms with Crippen LogP contribution in [0.3, 0.4) is 0 Å². The Hall–Kier alpha value is -2.88. The van der Waals surface area contributed by atoms with Gasteiger partial charge in [-0.05, 0) is 6.07 Å². The zero-order chi connectivity index (χ0) is 19.4. The van der Waals surface area contributed by atoms with E-state index in [0.717, 1.165) is 24.5 Å². The maximum Gasteiger partial charge on any atom is 0.303 e. The lowest BCUT2D eigenvalue weighted by molar-refractivity contribution is -0.166. The number of aromatic hydroxyl groups is 1. The molecule has 26 heavy (non-hydrogen) atoms. The molecular weight excluding hydrogens is 350 g/mol. The number of esters is 3. The molecule has 0 radical (unpaired) electrons. The van der Waals surface area contributed by atoms with Crippen LogP contribution in [-0.4, -0.2) is 52.5 Å². The zero-order valence-electron chi connectivity index (χ0n) is 14.4. The first-order valence-electron chi connectivity index (χ1n) is 7.73. The van der Waals surface area contributed by atoms with E-state index in [1.807, 2.05) is 0 Å². The molecule has 1 aliphatic heterocycles. The van der Waals surface area contributed by atoms with Crippen molar-refractivity contribution >= 4 is 17.9 Å². The van der Waals surface area contributed by atoms with Crippen LogP contribution in [-0.2, 0) is 33.3 Å². The molecule has 10 heteroatoms. The van der Waals surface area contributed by atoms with Crippen molar-refractivity contribution in [3.05, 3.63) is 28.7 Å². The number of carbonyl (C=O) groups is 3. The molecule has 2 heterocycles. The van der Waals surface area contributed by atoms with Crippen molar-refractivity contribution in [2.75, 3.05) is 6.61 Å². The summed E-state index contributed by atoms with van der Waals surface area (Å²) in [6, 6.07) is 2.20. The molecule has 0 aliphatic carbocycles. The molecule has 1 aromatic heterocycles. The molecule has 0 bridgehead atoms. The highest BCUT2D eigenvalue weighted by atomic mass is 16.7. The fourth-order valence-electron chi connectivity index (χ4n) is 2.61. The smallest absolute Gasteiger partial charge is 0.303 e. The molecule has 1 N–H and O–H groups in total. The first-order chi connectivity index (χ1) is 12.2. The van der Waals surface area contributed by atoms with Crippen LogP contribution in [0.15, 0.2) is 23.1 Å². The summed E-state index contributed by atoms with van der Waals surface area (Å²) in [5.41, 5.74) is -0.623. The minimum absolute atomic E-state index is 0.249. The minimum Gasteiger partial charge on any atom is -0.508 e. The van der Waals surface area contributed by atoms with Gasteiger partial charge in [-0.15, -0.1) is 0 Å². The summed E-state index contributed by atoms with van der Waals surface area (Å²) in [5.74, 6) is -2.17. The molecule has 1 aromatic rings. The predicted octanol–water partition coefficient (Wildman–Crippen LogP) is -0.122. The van der Waals surface area contributed by atoms with E-state index in [9.17, 15) is 24.3 Å². The number of aromatic nitrogens is 1. The molecule has 4 atom stereocenters. The van der Waals surface area contributed by atoms with Gasteiger partial charge in [0.25, 0.3) is 5.56 Å². The van der Waals surface area contributed by atoms with Crippen LogP contribution in [0.1, 0.15) is 27.0 Å². The van der Waals surface area contributed by atoms with Crippen molar-refractivity contribution in [3.63, 3.8) is 0 Å². The van der Waals surface area contributed by atoms with E-state index in [2.05, 4.69) is 0 Å². The van der Waals surface area contributed by atoms with Crippen LogP contribution in [0.2, 0.25) is 0 Å². The normalized spacial score (nSPS) is 24.7. The van der Waals surface area contributed by atoms with Crippen molar-refractivity contribution in [1.82, 2.24) is 4.57 Å².